The monoisotopic (exact) mass is 423 g/mol. The number of fused-ring (bicyclic) bond motifs is 1. The van der Waals surface area contributed by atoms with Gasteiger partial charge in [-0.15, -0.1) is 10.2 Å². The standard InChI is InChI=1S/C22H25N5O2S/c1-14(2)12-21(28)27-11-10-18-19(13-27)30-22(23-18)24-20-9-8-17(25-26-20)15-4-6-16(29-3)7-5-15/h4-9,14H,10-13H2,1-3H3,(H,23,24,26). The van der Waals surface area contributed by atoms with Crippen LogP contribution in [0.3, 0.4) is 0 Å². The largest absolute Gasteiger partial charge is 0.497 e. The molecule has 4 rings (SSSR count). The lowest BCUT2D eigenvalue weighted by Gasteiger charge is -2.26. The van der Waals surface area contributed by atoms with Gasteiger partial charge in [0.15, 0.2) is 10.9 Å². The van der Waals surface area contributed by atoms with E-state index in [0.29, 0.717) is 24.7 Å². The molecule has 7 nitrogen and oxygen atoms in total. The first-order valence-corrected chi connectivity index (χ1v) is 10.8. The summed E-state index contributed by atoms with van der Waals surface area (Å²) in [7, 11) is 1.65. The zero-order valence-electron chi connectivity index (χ0n) is 17.4. The quantitative estimate of drug-likeness (QED) is 0.637. The maximum atomic E-state index is 12.4. The second-order valence-electron chi connectivity index (χ2n) is 7.71. The van der Waals surface area contributed by atoms with Gasteiger partial charge in [0, 0.05) is 29.8 Å². The summed E-state index contributed by atoms with van der Waals surface area (Å²) in [5.74, 6) is 2.05. The number of nitrogens with zero attached hydrogens (tertiary/aromatic N) is 4. The van der Waals surface area contributed by atoms with E-state index in [1.54, 1.807) is 18.4 Å². The van der Waals surface area contributed by atoms with Gasteiger partial charge in [-0.2, -0.15) is 0 Å². The lowest BCUT2D eigenvalue weighted by Crippen LogP contribution is -2.36. The highest BCUT2D eigenvalue weighted by atomic mass is 32.1. The van der Waals surface area contributed by atoms with Gasteiger partial charge in [-0.25, -0.2) is 4.98 Å². The van der Waals surface area contributed by atoms with E-state index in [2.05, 4.69) is 34.3 Å². The van der Waals surface area contributed by atoms with Gasteiger partial charge in [0.05, 0.1) is 25.0 Å². The first-order valence-electron chi connectivity index (χ1n) is 10.0. The number of hydrogen-bond acceptors (Lipinski definition) is 7. The summed E-state index contributed by atoms with van der Waals surface area (Å²) >= 11 is 1.58. The van der Waals surface area contributed by atoms with Crippen molar-refractivity contribution < 1.29 is 9.53 Å². The number of carbonyl (C=O) groups is 1. The number of carbonyl (C=O) groups excluding carboxylic acids is 1. The highest BCUT2D eigenvalue weighted by Crippen LogP contribution is 2.30. The molecule has 30 heavy (non-hydrogen) atoms. The van der Waals surface area contributed by atoms with Gasteiger partial charge in [0.2, 0.25) is 5.91 Å². The topological polar surface area (TPSA) is 80.2 Å². The zero-order chi connectivity index (χ0) is 21.1. The molecule has 0 aliphatic carbocycles. The highest BCUT2D eigenvalue weighted by Gasteiger charge is 2.24. The first-order chi connectivity index (χ1) is 14.5. The molecule has 8 heteroatoms. The molecule has 0 spiro atoms. The second kappa shape index (κ2) is 8.79. The Hall–Kier alpha value is -3.00. The van der Waals surface area contributed by atoms with Crippen LogP contribution in [0.1, 0.15) is 30.8 Å². The van der Waals surface area contributed by atoms with Crippen LogP contribution < -0.4 is 10.1 Å². The fourth-order valence-corrected chi connectivity index (χ4v) is 4.40. The maximum Gasteiger partial charge on any atom is 0.223 e. The van der Waals surface area contributed by atoms with Crippen molar-refractivity contribution in [3.8, 4) is 17.0 Å². The summed E-state index contributed by atoms with van der Waals surface area (Å²) in [5, 5.41) is 12.6. The Bertz CT molecular complexity index is 1020. The number of rotatable bonds is 6. The lowest BCUT2D eigenvalue weighted by atomic mass is 10.1. The van der Waals surface area contributed by atoms with Gasteiger partial charge >= 0.3 is 0 Å². The van der Waals surface area contributed by atoms with Crippen LogP contribution in [-0.2, 0) is 17.8 Å². The number of aromatic nitrogens is 3. The van der Waals surface area contributed by atoms with Crippen molar-refractivity contribution in [1.82, 2.24) is 20.1 Å². The number of thiazole rings is 1. The Morgan fingerprint density at radius 1 is 1.20 bits per heavy atom. The van der Waals surface area contributed by atoms with E-state index in [4.69, 9.17) is 4.74 Å². The molecule has 2 aromatic heterocycles. The molecule has 156 valence electrons. The number of benzene rings is 1. The average molecular weight is 424 g/mol. The third-order valence-electron chi connectivity index (χ3n) is 4.95. The summed E-state index contributed by atoms with van der Waals surface area (Å²) in [4.78, 5) is 20.1. The van der Waals surface area contributed by atoms with Crippen LogP contribution in [0.15, 0.2) is 36.4 Å². The Kier molecular flexibility index (Phi) is 5.94. The second-order valence-corrected chi connectivity index (χ2v) is 8.79. The molecule has 0 bridgehead atoms. The summed E-state index contributed by atoms with van der Waals surface area (Å²) in [5.41, 5.74) is 2.84. The molecule has 0 saturated carbocycles. The SMILES string of the molecule is COc1ccc(-c2ccc(Nc3nc4c(s3)CN(C(=O)CC(C)C)CC4)nn2)cc1. The number of hydrogen-bond donors (Lipinski definition) is 1. The number of nitrogens with one attached hydrogen (secondary N) is 1. The van der Waals surface area contributed by atoms with Crippen LogP contribution in [0.4, 0.5) is 10.9 Å². The van der Waals surface area contributed by atoms with Crippen LogP contribution >= 0.6 is 11.3 Å². The van der Waals surface area contributed by atoms with E-state index in [9.17, 15) is 4.79 Å². The summed E-state index contributed by atoms with van der Waals surface area (Å²) in [6, 6.07) is 11.5. The molecule has 0 radical (unpaired) electrons. The number of amides is 1. The van der Waals surface area contributed by atoms with E-state index in [1.807, 2.05) is 41.3 Å². The molecule has 1 amide bonds. The molecule has 0 atom stereocenters. The van der Waals surface area contributed by atoms with Crippen molar-refractivity contribution in [3.63, 3.8) is 0 Å². The molecule has 0 unspecified atom stereocenters. The van der Waals surface area contributed by atoms with Gasteiger partial charge in [0.25, 0.3) is 0 Å². The molecule has 0 fully saturated rings. The molecular weight excluding hydrogens is 398 g/mol. The normalized spacial score (nSPS) is 13.3. The van der Waals surface area contributed by atoms with Crippen LogP contribution in [0.5, 0.6) is 5.75 Å². The van der Waals surface area contributed by atoms with Crippen molar-refractivity contribution in [2.24, 2.45) is 5.92 Å². The predicted octanol–water partition coefficient (Wildman–Crippen LogP) is 4.28. The molecule has 1 aliphatic rings. The van der Waals surface area contributed by atoms with Crippen molar-refractivity contribution in [3.05, 3.63) is 47.0 Å². The van der Waals surface area contributed by atoms with Crippen LogP contribution in [0.25, 0.3) is 11.3 Å². The predicted molar refractivity (Wildman–Crippen MR) is 118 cm³/mol. The van der Waals surface area contributed by atoms with Crippen molar-refractivity contribution in [2.75, 3.05) is 19.0 Å². The van der Waals surface area contributed by atoms with Crippen molar-refractivity contribution in [1.29, 1.82) is 0 Å². The molecule has 0 saturated heterocycles. The van der Waals surface area contributed by atoms with E-state index >= 15 is 0 Å². The van der Waals surface area contributed by atoms with E-state index < -0.39 is 0 Å². The number of ether oxygens (including phenoxy) is 1. The molecule has 1 N–H and O–H groups in total. The Balaban J connectivity index is 1.42. The minimum absolute atomic E-state index is 0.221. The fourth-order valence-electron chi connectivity index (χ4n) is 3.36. The molecule has 1 aromatic carbocycles. The molecular formula is C22H25N5O2S. The highest BCUT2D eigenvalue weighted by molar-refractivity contribution is 7.15. The van der Waals surface area contributed by atoms with E-state index in [0.717, 1.165) is 45.7 Å². The Labute approximate surface area is 180 Å². The molecule has 1 aliphatic heterocycles. The lowest BCUT2D eigenvalue weighted by molar-refractivity contribution is -0.132. The number of methoxy groups -OCH3 is 1. The minimum atomic E-state index is 0.221. The third-order valence-corrected chi connectivity index (χ3v) is 5.95. The maximum absolute atomic E-state index is 12.4. The Morgan fingerprint density at radius 3 is 2.67 bits per heavy atom. The average Bonchev–Trinajstić information content (AvgIpc) is 3.15. The molecule has 3 heterocycles. The van der Waals surface area contributed by atoms with Gasteiger partial charge in [-0.3, -0.25) is 4.79 Å². The third kappa shape index (κ3) is 4.59. The smallest absolute Gasteiger partial charge is 0.223 e. The van der Waals surface area contributed by atoms with Gasteiger partial charge in [-0.05, 0) is 42.3 Å². The van der Waals surface area contributed by atoms with Crippen LogP contribution in [0.2, 0.25) is 0 Å². The van der Waals surface area contributed by atoms with E-state index in [-0.39, 0.29) is 5.91 Å². The van der Waals surface area contributed by atoms with Crippen molar-refractivity contribution >= 4 is 28.2 Å². The van der Waals surface area contributed by atoms with E-state index in [1.165, 1.54) is 0 Å². The summed E-state index contributed by atoms with van der Waals surface area (Å²) < 4.78 is 5.19. The fraction of sp³-hybridized carbons (Fsp3) is 0.364. The van der Waals surface area contributed by atoms with Crippen LogP contribution in [0, 0.1) is 5.92 Å². The first kappa shape index (κ1) is 20.3. The van der Waals surface area contributed by atoms with Crippen LogP contribution in [-0.4, -0.2) is 39.6 Å². The number of anilines is 2. The van der Waals surface area contributed by atoms with Crippen molar-refractivity contribution in [2.45, 2.75) is 33.2 Å². The molecule has 3 aromatic rings. The summed E-state index contributed by atoms with van der Waals surface area (Å²) in [6.07, 6.45) is 1.38. The minimum Gasteiger partial charge on any atom is -0.497 e. The zero-order valence-corrected chi connectivity index (χ0v) is 18.2. The Morgan fingerprint density at radius 2 is 2.00 bits per heavy atom. The van der Waals surface area contributed by atoms with Gasteiger partial charge < -0.3 is 15.0 Å². The van der Waals surface area contributed by atoms with Gasteiger partial charge in [-0.1, -0.05) is 25.2 Å². The van der Waals surface area contributed by atoms with Gasteiger partial charge in [0.1, 0.15) is 5.75 Å². The summed E-state index contributed by atoms with van der Waals surface area (Å²) in [6.45, 7) is 5.52.